The smallest absolute Gasteiger partial charge is 0.315 e. The Balaban J connectivity index is 1.72. The molecular formula is C20H17NO3S. The number of hydrogen-bond acceptors (Lipinski definition) is 4. The van der Waals surface area contributed by atoms with Gasteiger partial charge in [-0.15, -0.1) is 11.8 Å². The van der Waals surface area contributed by atoms with Crippen LogP contribution in [-0.2, 0) is 9.53 Å². The molecule has 3 aromatic carbocycles. The van der Waals surface area contributed by atoms with E-state index in [4.69, 9.17) is 0 Å². The lowest BCUT2D eigenvalue weighted by molar-refractivity contribution is -0.137. The minimum absolute atomic E-state index is 0.166. The molecule has 0 atom stereocenters. The number of amides is 1. The summed E-state index contributed by atoms with van der Waals surface area (Å²) in [5, 5.41) is 5.02. The largest absolute Gasteiger partial charge is 0.468 e. The van der Waals surface area contributed by atoms with Crippen LogP contribution in [0.15, 0.2) is 71.6 Å². The highest BCUT2D eigenvalue weighted by Crippen LogP contribution is 2.22. The zero-order chi connectivity index (χ0) is 17.6. The lowest BCUT2D eigenvalue weighted by Crippen LogP contribution is -2.11. The van der Waals surface area contributed by atoms with E-state index in [2.05, 4.69) is 10.1 Å². The van der Waals surface area contributed by atoms with Crippen LogP contribution < -0.4 is 5.32 Å². The van der Waals surface area contributed by atoms with Crippen LogP contribution >= 0.6 is 11.8 Å². The Labute approximate surface area is 150 Å². The number of thioether (sulfide) groups is 1. The van der Waals surface area contributed by atoms with Crippen molar-refractivity contribution in [3.05, 3.63) is 72.3 Å². The lowest BCUT2D eigenvalue weighted by atomic mass is 10.1. The first kappa shape index (κ1) is 17.0. The predicted molar refractivity (Wildman–Crippen MR) is 101 cm³/mol. The minimum atomic E-state index is -0.282. The number of fused-ring (bicyclic) bond motifs is 1. The van der Waals surface area contributed by atoms with E-state index in [1.54, 1.807) is 0 Å². The predicted octanol–water partition coefficient (Wildman–Crippen LogP) is 4.36. The quantitative estimate of drug-likeness (QED) is 0.548. The third-order valence-corrected chi connectivity index (χ3v) is 4.66. The van der Waals surface area contributed by atoms with Crippen molar-refractivity contribution in [1.82, 2.24) is 0 Å². The first-order valence-corrected chi connectivity index (χ1v) is 8.74. The Bertz CT molecular complexity index is 923. The number of methoxy groups -OCH3 is 1. The molecule has 0 bridgehead atoms. The van der Waals surface area contributed by atoms with Crippen LogP contribution in [0.2, 0.25) is 0 Å². The molecular weight excluding hydrogens is 334 g/mol. The average Bonchev–Trinajstić information content (AvgIpc) is 2.66. The van der Waals surface area contributed by atoms with Crippen molar-refractivity contribution >= 4 is 40.1 Å². The zero-order valence-corrected chi connectivity index (χ0v) is 14.5. The number of rotatable bonds is 5. The summed E-state index contributed by atoms with van der Waals surface area (Å²) in [6.07, 6.45) is 0. The molecule has 1 amide bonds. The Hall–Kier alpha value is -2.79. The van der Waals surface area contributed by atoms with Crippen LogP contribution in [0, 0.1) is 0 Å². The zero-order valence-electron chi connectivity index (χ0n) is 13.7. The first-order valence-electron chi connectivity index (χ1n) is 7.75. The highest BCUT2D eigenvalue weighted by Gasteiger charge is 2.08. The minimum Gasteiger partial charge on any atom is -0.468 e. The van der Waals surface area contributed by atoms with Gasteiger partial charge in [0.25, 0.3) is 5.91 Å². The number of benzene rings is 3. The maximum Gasteiger partial charge on any atom is 0.315 e. The van der Waals surface area contributed by atoms with Crippen molar-refractivity contribution in [3.8, 4) is 0 Å². The first-order chi connectivity index (χ1) is 12.2. The molecule has 0 aliphatic rings. The molecule has 3 rings (SSSR count). The molecule has 5 heteroatoms. The summed E-state index contributed by atoms with van der Waals surface area (Å²) in [6.45, 7) is 0. The summed E-state index contributed by atoms with van der Waals surface area (Å²) in [5.41, 5.74) is 1.29. The van der Waals surface area contributed by atoms with Gasteiger partial charge in [0.05, 0.1) is 12.9 Å². The molecule has 25 heavy (non-hydrogen) atoms. The van der Waals surface area contributed by atoms with Crippen molar-refractivity contribution in [2.75, 3.05) is 18.2 Å². The summed E-state index contributed by atoms with van der Waals surface area (Å²) >= 11 is 1.37. The molecule has 0 saturated heterocycles. The van der Waals surface area contributed by atoms with Gasteiger partial charge in [0, 0.05) is 16.1 Å². The molecule has 0 saturated carbocycles. The highest BCUT2D eigenvalue weighted by atomic mass is 32.2. The normalized spacial score (nSPS) is 10.4. The standard InChI is InChI=1S/C20H17NO3S/c1-24-19(22)13-25-18-8-4-7-17(12-18)21-20(23)16-10-9-14-5-2-3-6-15(14)11-16/h2-12H,13H2,1H3,(H,21,23). The molecule has 3 aromatic rings. The molecule has 0 aliphatic carbocycles. The SMILES string of the molecule is COC(=O)CSc1cccc(NC(=O)c2ccc3ccccc3c2)c1. The monoisotopic (exact) mass is 351 g/mol. The second-order valence-corrected chi connectivity index (χ2v) is 6.46. The van der Waals surface area contributed by atoms with E-state index in [9.17, 15) is 9.59 Å². The topological polar surface area (TPSA) is 55.4 Å². The number of carbonyl (C=O) groups excluding carboxylic acids is 2. The Morgan fingerprint density at radius 1 is 0.960 bits per heavy atom. The molecule has 1 N–H and O–H groups in total. The summed E-state index contributed by atoms with van der Waals surface area (Å²) in [7, 11) is 1.36. The van der Waals surface area contributed by atoms with E-state index >= 15 is 0 Å². The van der Waals surface area contributed by atoms with Gasteiger partial charge in [-0.1, -0.05) is 36.4 Å². The number of esters is 1. The van der Waals surface area contributed by atoms with Crippen LogP contribution in [-0.4, -0.2) is 24.7 Å². The van der Waals surface area contributed by atoms with Crippen molar-refractivity contribution in [2.45, 2.75) is 4.90 Å². The van der Waals surface area contributed by atoms with E-state index in [-0.39, 0.29) is 17.6 Å². The third-order valence-electron chi connectivity index (χ3n) is 3.69. The van der Waals surface area contributed by atoms with Crippen LogP contribution in [0.3, 0.4) is 0 Å². The fourth-order valence-corrected chi connectivity index (χ4v) is 3.19. The van der Waals surface area contributed by atoms with Crippen LogP contribution in [0.25, 0.3) is 10.8 Å². The lowest BCUT2D eigenvalue weighted by Gasteiger charge is -2.08. The fourth-order valence-electron chi connectivity index (χ4n) is 2.40. The van der Waals surface area contributed by atoms with Gasteiger partial charge in [-0.3, -0.25) is 9.59 Å². The van der Waals surface area contributed by atoms with E-state index in [1.807, 2.05) is 66.7 Å². The van der Waals surface area contributed by atoms with Gasteiger partial charge >= 0.3 is 5.97 Å². The maximum atomic E-state index is 12.5. The van der Waals surface area contributed by atoms with Crippen molar-refractivity contribution < 1.29 is 14.3 Å². The highest BCUT2D eigenvalue weighted by molar-refractivity contribution is 8.00. The number of anilines is 1. The van der Waals surface area contributed by atoms with E-state index in [0.717, 1.165) is 15.7 Å². The molecule has 0 heterocycles. The molecule has 126 valence electrons. The Morgan fingerprint density at radius 3 is 2.56 bits per heavy atom. The van der Waals surface area contributed by atoms with Gasteiger partial charge in [-0.05, 0) is 41.1 Å². The maximum absolute atomic E-state index is 12.5. The summed E-state index contributed by atoms with van der Waals surface area (Å²) in [5.74, 6) is -0.213. The van der Waals surface area contributed by atoms with Gasteiger partial charge in [0.15, 0.2) is 0 Å². The molecule has 0 unspecified atom stereocenters. The molecule has 0 aromatic heterocycles. The molecule has 0 radical (unpaired) electrons. The fraction of sp³-hybridized carbons (Fsp3) is 0.100. The summed E-state index contributed by atoms with van der Waals surface area (Å²) in [6, 6.07) is 20.9. The van der Waals surface area contributed by atoms with E-state index in [1.165, 1.54) is 18.9 Å². The number of hydrogen-bond donors (Lipinski definition) is 1. The second-order valence-electron chi connectivity index (χ2n) is 5.41. The van der Waals surface area contributed by atoms with Gasteiger partial charge in [0.2, 0.25) is 0 Å². The summed E-state index contributed by atoms with van der Waals surface area (Å²) in [4.78, 5) is 24.6. The second kappa shape index (κ2) is 7.85. The Morgan fingerprint density at radius 2 is 1.76 bits per heavy atom. The van der Waals surface area contributed by atoms with Gasteiger partial charge in [-0.25, -0.2) is 0 Å². The van der Waals surface area contributed by atoms with E-state index < -0.39 is 0 Å². The number of carbonyl (C=O) groups is 2. The third kappa shape index (κ3) is 4.39. The average molecular weight is 351 g/mol. The number of nitrogens with one attached hydrogen (secondary N) is 1. The van der Waals surface area contributed by atoms with Gasteiger partial charge in [0.1, 0.15) is 0 Å². The van der Waals surface area contributed by atoms with Crippen LogP contribution in [0.1, 0.15) is 10.4 Å². The molecule has 0 aliphatic heterocycles. The van der Waals surface area contributed by atoms with Crippen LogP contribution in [0.4, 0.5) is 5.69 Å². The van der Waals surface area contributed by atoms with Crippen molar-refractivity contribution in [3.63, 3.8) is 0 Å². The molecule has 0 spiro atoms. The Kier molecular flexibility index (Phi) is 5.36. The van der Waals surface area contributed by atoms with Crippen molar-refractivity contribution in [2.24, 2.45) is 0 Å². The molecule has 0 fully saturated rings. The molecule has 4 nitrogen and oxygen atoms in total. The van der Waals surface area contributed by atoms with Crippen molar-refractivity contribution in [1.29, 1.82) is 0 Å². The van der Waals surface area contributed by atoms with Crippen LogP contribution in [0.5, 0.6) is 0 Å². The number of ether oxygens (including phenoxy) is 1. The summed E-state index contributed by atoms with van der Waals surface area (Å²) < 4.78 is 4.63. The van der Waals surface area contributed by atoms with Gasteiger partial charge < -0.3 is 10.1 Å². The van der Waals surface area contributed by atoms with Gasteiger partial charge in [-0.2, -0.15) is 0 Å². The van der Waals surface area contributed by atoms with E-state index in [0.29, 0.717) is 11.3 Å².